The van der Waals surface area contributed by atoms with Crippen LogP contribution in [0.2, 0.25) is 0 Å². The Hall–Kier alpha value is -2.94. The van der Waals surface area contributed by atoms with Crippen LogP contribution in [-0.2, 0) is 4.79 Å². The summed E-state index contributed by atoms with van der Waals surface area (Å²) in [4.78, 5) is 26.4. The summed E-state index contributed by atoms with van der Waals surface area (Å²) in [5.74, 6) is 0.0219. The van der Waals surface area contributed by atoms with E-state index in [1.165, 1.54) is 4.57 Å². The monoisotopic (exact) mass is 404 g/mol. The van der Waals surface area contributed by atoms with E-state index < -0.39 is 5.56 Å². The standard InChI is InChI=1S/C19H24N4O4S/c1-3-4-5-6-7-16(24)22-20-12-15-17(25)21-19(28)23(18(15)26)13-8-10-14(27-2)11-9-13/h8-12,26H,3-7H2,1-2H3,(H,22,24)(H,21,25,28). The number of carbonyl (C=O) groups is 1. The molecule has 0 spiro atoms. The maximum Gasteiger partial charge on any atom is 0.264 e. The van der Waals surface area contributed by atoms with E-state index in [-0.39, 0.29) is 22.1 Å². The average molecular weight is 404 g/mol. The van der Waals surface area contributed by atoms with Gasteiger partial charge in [0.2, 0.25) is 11.8 Å². The van der Waals surface area contributed by atoms with Gasteiger partial charge in [-0.05, 0) is 42.9 Å². The van der Waals surface area contributed by atoms with Crippen LogP contribution in [0, 0.1) is 4.77 Å². The molecule has 150 valence electrons. The lowest BCUT2D eigenvalue weighted by atomic mass is 10.1. The van der Waals surface area contributed by atoms with Gasteiger partial charge in [0, 0.05) is 6.42 Å². The first kappa shape index (κ1) is 21.4. The third-order valence-electron chi connectivity index (χ3n) is 4.09. The molecule has 2 aromatic rings. The molecular weight excluding hydrogens is 380 g/mol. The van der Waals surface area contributed by atoms with E-state index in [2.05, 4.69) is 22.4 Å². The molecule has 8 nitrogen and oxygen atoms in total. The molecule has 3 N–H and O–H groups in total. The van der Waals surface area contributed by atoms with Gasteiger partial charge in [0.15, 0.2) is 4.77 Å². The Labute approximate surface area is 167 Å². The molecule has 0 aliphatic heterocycles. The molecule has 0 aliphatic carbocycles. The Morgan fingerprint density at radius 3 is 2.68 bits per heavy atom. The van der Waals surface area contributed by atoms with Gasteiger partial charge in [-0.1, -0.05) is 26.2 Å². The minimum atomic E-state index is -0.604. The number of H-pyrrole nitrogens is 1. The molecule has 0 radical (unpaired) electrons. The minimum Gasteiger partial charge on any atom is -0.497 e. The predicted octanol–water partition coefficient (Wildman–Crippen LogP) is 3.03. The van der Waals surface area contributed by atoms with Gasteiger partial charge in [0.1, 0.15) is 11.3 Å². The van der Waals surface area contributed by atoms with Crippen LogP contribution in [0.15, 0.2) is 34.2 Å². The molecule has 1 heterocycles. The van der Waals surface area contributed by atoms with Gasteiger partial charge in [-0.2, -0.15) is 5.10 Å². The summed E-state index contributed by atoms with van der Waals surface area (Å²) in [6.45, 7) is 2.10. The summed E-state index contributed by atoms with van der Waals surface area (Å²) < 4.78 is 6.44. The molecule has 0 fully saturated rings. The molecule has 9 heteroatoms. The number of hydrazone groups is 1. The van der Waals surface area contributed by atoms with Crippen LogP contribution in [0.25, 0.3) is 5.69 Å². The number of unbranched alkanes of at least 4 members (excludes halogenated alkanes) is 3. The number of aromatic nitrogens is 2. The van der Waals surface area contributed by atoms with Crippen molar-refractivity contribution in [2.75, 3.05) is 7.11 Å². The Balaban J connectivity index is 2.20. The molecule has 0 bridgehead atoms. The summed E-state index contributed by atoms with van der Waals surface area (Å²) in [5, 5.41) is 14.3. The van der Waals surface area contributed by atoms with Crippen molar-refractivity contribution in [1.29, 1.82) is 0 Å². The van der Waals surface area contributed by atoms with E-state index in [0.717, 1.165) is 31.9 Å². The number of methoxy groups -OCH3 is 1. The van der Waals surface area contributed by atoms with Crippen molar-refractivity contribution in [3.05, 3.63) is 45.0 Å². The number of ether oxygens (including phenoxy) is 1. The van der Waals surface area contributed by atoms with Crippen molar-refractivity contribution >= 4 is 24.3 Å². The number of nitrogens with one attached hydrogen (secondary N) is 2. The number of rotatable bonds is 9. The SMILES string of the molecule is CCCCCCC(=O)NN=Cc1c(O)n(-c2ccc(OC)cc2)c(=S)[nH]c1=O. The molecule has 0 atom stereocenters. The maximum absolute atomic E-state index is 12.1. The van der Waals surface area contributed by atoms with Crippen LogP contribution in [0.4, 0.5) is 0 Å². The number of benzene rings is 1. The van der Waals surface area contributed by atoms with Gasteiger partial charge in [0.05, 0.1) is 19.0 Å². The Morgan fingerprint density at radius 1 is 1.32 bits per heavy atom. The number of amides is 1. The summed E-state index contributed by atoms with van der Waals surface area (Å²) in [6.07, 6.45) is 5.40. The van der Waals surface area contributed by atoms with Crippen LogP contribution in [-0.4, -0.2) is 33.9 Å². The van der Waals surface area contributed by atoms with E-state index >= 15 is 0 Å². The molecule has 0 unspecified atom stereocenters. The molecule has 1 amide bonds. The number of hydrogen-bond acceptors (Lipinski definition) is 6. The predicted molar refractivity (Wildman–Crippen MR) is 110 cm³/mol. The first-order valence-electron chi connectivity index (χ1n) is 9.02. The van der Waals surface area contributed by atoms with Crippen LogP contribution >= 0.6 is 12.2 Å². The lowest BCUT2D eigenvalue weighted by molar-refractivity contribution is -0.121. The van der Waals surface area contributed by atoms with Crippen LogP contribution in [0.5, 0.6) is 11.6 Å². The number of aromatic hydroxyl groups is 1. The highest BCUT2D eigenvalue weighted by atomic mass is 32.1. The second-order valence-electron chi connectivity index (χ2n) is 6.13. The van der Waals surface area contributed by atoms with Crippen molar-refractivity contribution < 1.29 is 14.6 Å². The van der Waals surface area contributed by atoms with E-state index in [1.54, 1.807) is 31.4 Å². The maximum atomic E-state index is 12.1. The van der Waals surface area contributed by atoms with Gasteiger partial charge in [-0.3, -0.25) is 19.1 Å². The lowest BCUT2D eigenvalue weighted by Crippen LogP contribution is -2.21. The van der Waals surface area contributed by atoms with Gasteiger partial charge in [-0.15, -0.1) is 0 Å². The molecule has 0 aliphatic rings. The zero-order valence-electron chi connectivity index (χ0n) is 15.9. The highest BCUT2D eigenvalue weighted by Crippen LogP contribution is 2.21. The summed E-state index contributed by atoms with van der Waals surface area (Å²) in [5.41, 5.74) is 2.18. The zero-order chi connectivity index (χ0) is 20.5. The number of hydrogen-bond donors (Lipinski definition) is 3. The molecule has 1 aromatic carbocycles. The smallest absolute Gasteiger partial charge is 0.264 e. The molecule has 28 heavy (non-hydrogen) atoms. The fourth-order valence-electron chi connectivity index (χ4n) is 2.56. The summed E-state index contributed by atoms with van der Waals surface area (Å²) in [6, 6.07) is 6.78. The van der Waals surface area contributed by atoms with Gasteiger partial charge < -0.3 is 9.84 Å². The second-order valence-corrected chi connectivity index (χ2v) is 6.52. The summed E-state index contributed by atoms with van der Waals surface area (Å²) >= 11 is 5.16. The quantitative estimate of drug-likeness (QED) is 0.258. The van der Waals surface area contributed by atoms with Gasteiger partial charge in [0.25, 0.3) is 5.56 Å². The van der Waals surface area contributed by atoms with Crippen molar-refractivity contribution in [2.24, 2.45) is 5.10 Å². The number of carbonyl (C=O) groups excluding carboxylic acids is 1. The number of aromatic amines is 1. The first-order chi connectivity index (χ1) is 13.5. The molecule has 0 saturated heterocycles. The van der Waals surface area contributed by atoms with Crippen LogP contribution in [0.1, 0.15) is 44.6 Å². The van der Waals surface area contributed by atoms with Crippen molar-refractivity contribution in [1.82, 2.24) is 15.0 Å². The largest absolute Gasteiger partial charge is 0.497 e. The third kappa shape index (κ3) is 5.53. The number of nitrogens with zero attached hydrogens (tertiary/aromatic N) is 2. The highest BCUT2D eigenvalue weighted by Gasteiger charge is 2.13. The lowest BCUT2D eigenvalue weighted by Gasteiger charge is -2.11. The molecule has 0 saturated carbocycles. The zero-order valence-corrected chi connectivity index (χ0v) is 16.7. The average Bonchev–Trinajstić information content (AvgIpc) is 2.68. The fourth-order valence-corrected chi connectivity index (χ4v) is 2.85. The molecular formula is C19H24N4O4S. The topological polar surface area (TPSA) is 109 Å². The van der Waals surface area contributed by atoms with Crippen molar-refractivity contribution in [2.45, 2.75) is 39.0 Å². The fraction of sp³-hybridized carbons (Fsp3) is 0.368. The summed E-state index contributed by atoms with van der Waals surface area (Å²) in [7, 11) is 1.55. The van der Waals surface area contributed by atoms with Crippen LogP contribution in [0.3, 0.4) is 0 Å². The highest BCUT2D eigenvalue weighted by molar-refractivity contribution is 7.71. The Bertz CT molecular complexity index is 948. The van der Waals surface area contributed by atoms with E-state index in [9.17, 15) is 14.7 Å². The van der Waals surface area contributed by atoms with E-state index in [4.69, 9.17) is 17.0 Å². The Kier molecular flexibility index (Phi) is 7.94. The first-order valence-corrected chi connectivity index (χ1v) is 9.43. The van der Waals surface area contributed by atoms with Crippen molar-refractivity contribution in [3.63, 3.8) is 0 Å². The van der Waals surface area contributed by atoms with E-state index in [0.29, 0.717) is 17.9 Å². The van der Waals surface area contributed by atoms with Gasteiger partial charge in [-0.25, -0.2) is 5.43 Å². The minimum absolute atomic E-state index is 0.0322. The second kappa shape index (κ2) is 10.4. The van der Waals surface area contributed by atoms with Crippen molar-refractivity contribution in [3.8, 4) is 17.3 Å². The molecule has 1 aromatic heterocycles. The van der Waals surface area contributed by atoms with Gasteiger partial charge >= 0.3 is 0 Å². The van der Waals surface area contributed by atoms with E-state index in [1.807, 2.05) is 0 Å². The Morgan fingerprint density at radius 2 is 2.04 bits per heavy atom. The van der Waals surface area contributed by atoms with Crippen LogP contribution < -0.4 is 15.7 Å². The third-order valence-corrected chi connectivity index (χ3v) is 4.38. The normalized spacial score (nSPS) is 10.9. The molecule has 2 rings (SSSR count).